The number of ether oxygens (including phenoxy) is 3. The van der Waals surface area contributed by atoms with Gasteiger partial charge in [0.2, 0.25) is 0 Å². The summed E-state index contributed by atoms with van der Waals surface area (Å²) in [5, 5.41) is 0. The zero-order valence-electron chi connectivity index (χ0n) is 15.1. The Bertz CT molecular complexity index is 791. The molecule has 5 nitrogen and oxygen atoms in total. The van der Waals surface area contributed by atoms with E-state index >= 15 is 0 Å². The molecular weight excluding hydrogens is 368 g/mol. The standard InChI is InChI=1S/C21H21ClO5/c1-14-21(2,22)18(27-20(24)16-11-7-4-8-12-16)17(26-14)13-25-19(23)15-9-5-3-6-10-15/h3-12,14,17-18H,13H2,1-2H3/t14?,17-,18-,21?/m1/s1. The summed E-state index contributed by atoms with van der Waals surface area (Å²) in [7, 11) is 0. The molecular formula is C21H21ClO5. The van der Waals surface area contributed by atoms with E-state index < -0.39 is 29.0 Å². The molecule has 1 aliphatic heterocycles. The van der Waals surface area contributed by atoms with Gasteiger partial charge in [0.25, 0.3) is 0 Å². The SMILES string of the molecule is CC1O[C@H](COC(=O)c2ccccc2)[C@@H](OC(=O)c2ccccc2)C1(C)Cl. The zero-order chi connectivity index (χ0) is 19.4. The highest BCUT2D eigenvalue weighted by atomic mass is 35.5. The summed E-state index contributed by atoms with van der Waals surface area (Å²) in [6.07, 6.45) is -1.79. The number of esters is 2. The average Bonchev–Trinajstić information content (AvgIpc) is 2.90. The van der Waals surface area contributed by atoms with E-state index in [1.165, 1.54) is 0 Å². The lowest BCUT2D eigenvalue weighted by molar-refractivity contribution is -0.0397. The number of carbonyl (C=O) groups excluding carboxylic acids is 2. The molecule has 0 spiro atoms. The minimum absolute atomic E-state index is 0.0624. The summed E-state index contributed by atoms with van der Waals surface area (Å²) < 4.78 is 16.8. The van der Waals surface area contributed by atoms with Gasteiger partial charge in [-0.25, -0.2) is 9.59 Å². The fourth-order valence-electron chi connectivity index (χ4n) is 2.95. The fraction of sp³-hybridized carbons (Fsp3) is 0.333. The van der Waals surface area contributed by atoms with Gasteiger partial charge in [0.1, 0.15) is 17.6 Å². The van der Waals surface area contributed by atoms with Crippen LogP contribution in [0.2, 0.25) is 0 Å². The van der Waals surface area contributed by atoms with Crippen molar-refractivity contribution in [2.75, 3.05) is 6.61 Å². The molecule has 0 N–H and O–H groups in total. The molecule has 6 heteroatoms. The monoisotopic (exact) mass is 388 g/mol. The highest BCUT2D eigenvalue weighted by Crippen LogP contribution is 2.39. The summed E-state index contributed by atoms with van der Waals surface area (Å²) >= 11 is 6.60. The Hall–Kier alpha value is -2.37. The number of rotatable bonds is 5. The maximum Gasteiger partial charge on any atom is 0.338 e. The van der Waals surface area contributed by atoms with E-state index in [4.69, 9.17) is 25.8 Å². The van der Waals surface area contributed by atoms with Crippen LogP contribution in [-0.2, 0) is 14.2 Å². The maximum atomic E-state index is 12.5. The molecule has 0 radical (unpaired) electrons. The van der Waals surface area contributed by atoms with Gasteiger partial charge in [-0.3, -0.25) is 0 Å². The van der Waals surface area contributed by atoms with Gasteiger partial charge in [-0.2, -0.15) is 0 Å². The van der Waals surface area contributed by atoms with Crippen LogP contribution in [0.15, 0.2) is 60.7 Å². The Labute approximate surface area is 163 Å². The van der Waals surface area contributed by atoms with Crippen LogP contribution in [0.25, 0.3) is 0 Å². The summed E-state index contributed by atoms with van der Waals surface area (Å²) in [5.41, 5.74) is 0.861. The van der Waals surface area contributed by atoms with Gasteiger partial charge >= 0.3 is 11.9 Å². The van der Waals surface area contributed by atoms with Crippen molar-refractivity contribution >= 4 is 23.5 Å². The first kappa shape index (κ1) is 19.4. The van der Waals surface area contributed by atoms with Crippen molar-refractivity contribution in [1.82, 2.24) is 0 Å². The lowest BCUT2D eigenvalue weighted by Gasteiger charge is -2.27. The molecule has 2 aromatic carbocycles. The Morgan fingerprint density at radius 3 is 2.07 bits per heavy atom. The second kappa shape index (κ2) is 8.11. The number of carbonyl (C=O) groups is 2. The van der Waals surface area contributed by atoms with E-state index in [0.29, 0.717) is 11.1 Å². The number of benzene rings is 2. The summed E-state index contributed by atoms with van der Waals surface area (Å²) in [5.74, 6) is -0.965. The quantitative estimate of drug-likeness (QED) is 0.575. The minimum Gasteiger partial charge on any atom is -0.459 e. The van der Waals surface area contributed by atoms with Crippen LogP contribution >= 0.6 is 11.6 Å². The Balaban J connectivity index is 1.69. The van der Waals surface area contributed by atoms with Gasteiger partial charge in [0.05, 0.1) is 17.2 Å². The first-order chi connectivity index (χ1) is 12.9. The number of alkyl halides is 1. The van der Waals surface area contributed by atoms with Crippen LogP contribution in [0.3, 0.4) is 0 Å². The molecule has 0 aliphatic carbocycles. The highest BCUT2D eigenvalue weighted by molar-refractivity contribution is 6.25. The molecule has 3 rings (SSSR count). The van der Waals surface area contributed by atoms with Crippen LogP contribution in [-0.4, -0.2) is 41.7 Å². The van der Waals surface area contributed by atoms with Crippen molar-refractivity contribution in [3.63, 3.8) is 0 Å². The molecule has 27 heavy (non-hydrogen) atoms. The van der Waals surface area contributed by atoms with Crippen LogP contribution in [0.4, 0.5) is 0 Å². The highest BCUT2D eigenvalue weighted by Gasteiger charge is 2.53. The van der Waals surface area contributed by atoms with Crippen molar-refractivity contribution in [1.29, 1.82) is 0 Å². The number of hydrogen-bond acceptors (Lipinski definition) is 5. The minimum atomic E-state index is -0.936. The van der Waals surface area contributed by atoms with Crippen molar-refractivity contribution < 1.29 is 23.8 Å². The molecule has 0 aromatic heterocycles. The molecule has 4 atom stereocenters. The Kier molecular flexibility index (Phi) is 5.82. The van der Waals surface area contributed by atoms with Crippen molar-refractivity contribution in [3.05, 3.63) is 71.8 Å². The van der Waals surface area contributed by atoms with Gasteiger partial charge in [-0.15, -0.1) is 11.6 Å². The largest absolute Gasteiger partial charge is 0.459 e. The van der Waals surface area contributed by atoms with Crippen LogP contribution in [0.5, 0.6) is 0 Å². The molecule has 1 saturated heterocycles. The third-order valence-electron chi connectivity index (χ3n) is 4.70. The number of hydrogen-bond donors (Lipinski definition) is 0. The lowest BCUT2D eigenvalue weighted by atomic mass is 9.98. The average molecular weight is 389 g/mol. The molecule has 0 saturated carbocycles. The topological polar surface area (TPSA) is 61.8 Å². The molecule has 1 aliphatic rings. The molecule has 0 bridgehead atoms. The van der Waals surface area contributed by atoms with Crippen LogP contribution in [0.1, 0.15) is 34.6 Å². The molecule has 2 unspecified atom stereocenters. The van der Waals surface area contributed by atoms with Gasteiger partial charge in [0, 0.05) is 0 Å². The van der Waals surface area contributed by atoms with Crippen molar-refractivity contribution in [2.45, 2.75) is 37.0 Å². The zero-order valence-corrected chi connectivity index (χ0v) is 15.9. The van der Waals surface area contributed by atoms with E-state index in [1.54, 1.807) is 62.4 Å². The van der Waals surface area contributed by atoms with Gasteiger partial charge in [-0.05, 0) is 38.1 Å². The second-order valence-electron chi connectivity index (χ2n) is 6.62. The van der Waals surface area contributed by atoms with E-state index in [0.717, 1.165) is 0 Å². The van der Waals surface area contributed by atoms with Crippen molar-refractivity contribution in [2.24, 2.45) is 0 Å². The first-order valence-electron chi connectivity index (χ1n) is 8.72. The van der Waals surface area contributed by atoms with E-state index in [2.05, 4.69) is 0 Å². The summed E-state index contributed by atoms with van der Waals surface area (Å²) in [4.78, 5) is 23.7. The van der Waals surface area contributed by atoms with Gasteiger partial charge < -0.3 is 14.2 Å². The van der Waals surface area contributed by atoms with E-state index in [1.807, 2.05) is 12.1 Å². The van der Waals surface area contributed by atoms with Gasteiger partial charge in [0.15, 0.2) is 6.10 Å². The second-order valence-corrected chi connectivity index (χ2v) is 7.44. The molecule has 2 aromatic rings. The first-order valence-corrected chi connectivity index (χ1v) is 9.10. The number of halogens is 1. The Morgan fingerprint density at radius 2 is 1.52 bits per heavy atom. The predicted molar refractivity (Wildman–Crippen MR) is 101 cm³/mol. The third kappa shape index (κ3) is 4.31. The molecule has 1 fully saturated rings. The summed E-state index contributed by atoms with van der Waals surface area (Å²) in [6.45, 7) is 3.49. The van der Waals surface area contributed by atoms with Crippen LogP contribution < -0.4 is 0 Å². The van der Waals surface area contributed by atoms with E-state index in [9.17, 15) is 9.59 Å². The van der Waals surface area contributed by atoms with Crippen molar-refractivity contribution in [3.8, 4) is 0 Å². The van der Waals surface area contributed by atoms with Crippen LogP contribution in [0, 0.1) is 0 Å². The normalized spacial score (nSPS) is 27.1. The van der Waals surface area contributed by atoms with Gasteiger partial charge in [-0.1, -0.05) is 36.4 Å². The third-order valence-corrected chi connectivity index (χ3v) is 5.22. The Morgan fingerprint density at radius 1 is 1.00 bits per heavy atom. The molecule has 0 amide bonds. The van der Waals surface area contributed by atoms with E-state index in [-0.39, 0.29) is 12.7 Å². The fourth-order valence-corrected chi connectivity index (χ4v) is 3.19. The predicted octanol–water partition coefficient (Wildman–Crippen LogP) is 3.85. The maximum absolute atomic E-state index is 12.5. The smallest absolute Gasteiger partial charge is 0.338 e. The lowest BCUT2D eigenvalue weighted by Crippen LogP contribution is -2.44. The molecule has 142 valence electrons. The summed E-state index contributed by atoms with van der Waals surface area (Å²) in [6, 6.07) is 17.3. The molecule has 1 heterocycles.